The minimum Gasteiger partial charge on any atom is -0.356 e. The number of hydrogen-bond donors (Lipinski definition) is 3. The molecule has 3 N–H and O–H groups in total. The van der Waals surface area contributed by atoms with Crippen molar-refractivity contribution in [3.63, 3.8) is 0 Å². The number of nitrogens with one attached hydrogen (secondary N) is 3. The number of aromatic nitrogens is 5. The van der Waals surface area contributed by atoms with Gasteiger partial charge in [-0.25, -0.2) is 15.0 Å². The van der Waals surface area contributed by atoms with Gasteiger partial charge in [0.25, 0.3) is 5.91 Å². The fourth-order valence-corrected chi connectivity index (χ4v) is 4.51. The van der Waals surface area contributed by atoms with Gasteiger partial charge in [0.05, 0.1) is 35.0 Å². The largest absolute Gasteiger partial charge is 0.356 e. The molecule has 186 valence electrons. The van der Waals surface area contributed by atoms with E-state index >= 15 is 0 Å². The number of pyridine rings is 3. The van der Waals surface area contributed by atoms with Crippen molar-refractivity contribution in [1.29, 1.82) is 0 Å². The van der Waals surface area contributed by atoms with E-state index in [1.165, 1.54) is 6.20 Å². The zero-order chi connectivity index (χ0) is 25.5. The summed E-state index contributed by atoms with van der Waals surface area (Å²) in [5, 5.41) is 6.02. The predicted molar refractivity (Wildman–Crippen MR) is 142 cm³/mol. The summed E-state index contributed by atoms with van der Waals surface area (Å²) < 4.78 is 0. The van der Waals surface area contributed by atoms with E-state index in [1.54, 1.807) is 25.6 Å². The number of aliphatic imine (C=N–C) groups is 1. The van der Waals surface area contributed by atoms with Crippen molar-refractivity contribution in [3.8, 4) is 11.1 Å². The number of imidazole rings is 1. The van der Waals surface area contributed by atoms with E-state index < -0.39 is 0 Å². The number of carbonyl (C=O) groups excluding carboxylic acids is 1. The quantitative estimate of drug-likeness (QED) is 0.328. The third-order valence-corrected chi connectivity index (χ3v) is 6.67. The molecule has 2 aliphatic heterocycles. The highest BCUT2D eigenvalue weighted by Crippen LogP contribution is 2.34. The number of amides is 1. The minimum atomic E-state index is -0.243. The number of H-pyrrole nitrogens is 1. The van der Waals surface area contributed by atoms with Crippen LogP contribution < -0.4 is 10.6 Å². The number of hydrogen-bond acceptors (Lipinski definition) is 9. The fourth-order valence-electron chi connectivity index (χ4n) is 4.51. The monoisotopic (exact) mass is 494 g/mol. The lowest BCUT2D eigenvalue weighted by molar-refractivity contribution is 0.0964. The fraction of sp³-hybridized carbons (Fsp3) is 0.231. The summed E-state index contributed by atoms with van der Waals surface area (Å²) in [7, 11) is 3.71. The number of likely N-dealkylation sites (N-methyl/N-ethyl adjacent to an activating group) is 1. The van der Waals surface area contributed by atoms with Crippen molar-refractivity contribution in [2.24, 2.45) is 4.99 Å². The van der Waals surface area contributed by atoms with Gasteiger partial charge in [-0.15, -0.1) is 0 Å². The molecule has 11 heteroatoms. The zero-order valence-electron chi connectivity index (χ0n) is 20.6. The minimum absolute atomic E-state index is 0.243. The number of fused-ring (bicyclic) bond motifs is 2. The topological polar surface area (TPSA) is 127 Å². The van der Waals surface area contributed by atoms with Gasteiger partial charge in [0.2, 0.25) is 0 Å². The standard InChI is InChI=1S/C26H26N10O/c1-15(36-6-4-35(3)5-7-36)31-18-8-16(10-28-12-18)17-9-19-23(34-24(19)30-11-17)25-32-21-14-29-13-20(22(21)33-25)26(37)27-2/h8-14,31H,1,4-7H2,2-3H3,(H,27,37)(H,32,33). The Morgan fingerprint density at radius 3 is 2.62 bits per heavy atom. The average Bonchev–Trinajstić information content (AvgIpc) is 3.33. The van der Waals surface area contributed by atoms with E-state index in [-0.39, 0.29) is 5.91 Å². The number of aromatic amines is 1. The van der Waals surface area contributed by atoms with E-state index in [0.29, 0.717) is 34.0 Å². The van der Waals surface area contributed by atoms with Crippen molar-refractivity contribution in [2.45, 2.75) is 0 Å². The number of piperazine rings is 1. The lowest BCUT2D eigenvalue weighted by atomic mass is 10.0. The lowest BCUT2D eigenvalue weighted by Crippen LogP contribution is -2.44. The molecule has 1 amide bonds. The number of carbonyl (C=O) groups is 1. The molecule has 2 aliphatic rings. The van der Waals surface area contributed by atoms with E-state index in [2.05, 4.69) is 64.0 Å². The first-order valence-corrected chi connectivity index (χ1v) is 12.0. The maximum Gasteiger partial charge on any atom is 0.254 e. The molecular formula is C26H26N10O. The van der Waals surface area contributed by atoms with Crippen molar-refractivity contribution in [3.05, 3.63) is 72.5 Å². The van der Waals surface area contributed by atoms with Gasteiger partial charge < -0.3 is 25.4 Å². The van der Waals surface area contributed by atoms with E-state index in [1.807, 2.05) is 18.3 Å². The first-order valence-electron chi connectivity index (χ1n) is 12.0. The Bertz CT molecular complexity index is 1560. The Morgan fingerprint density at radius 1 is 1.03 bits per heavy atom. The van der Waals surface area contributed by atoms with Crippen molar-refractivity contribution in [1.82, 2.24) is 40.0 Å². The summed E-state index contributed by atoms with van der Waals surface area (Å²) >= 11 is 0. The molecule has 0 unspecified atom stereocenters. The Morgan fingerprint density at radius 2 is 1.81 bits per heavy atom. The normalized spacial score (nSPS) is 15.1. The second-order valence-corrected chi connectivity index (χ2v) is 9.13. The molecule has 0 atom stereocenters. The van der Waals surface area contributed by atoms with Crippen LogP contribution in [0.3, 0.4) is 0 Å². The second kappa shape index (κ2) is 9.10. The van der Waals surface area contributed by atoms with Crippen LogP contribution in [0.25, 0.3) is 22.2 Å². The molecule has 0 saturated carbocycles. The van der Waals surface area contributed by atoms with Crippen LogP contribution in [-0.4, -0.2) is 86.6 Å². The number of anilines is 1. The van der Waals surface area contributed by atoms with Gasteiger partial charge in [0, 0.05) is 68.5 Å². The summed E-state index contributed by atoms with van der Waals surface area (Å²) in [5.41, 5.74) is 5.89. The van der Waals surface area contributed by atoms with E-state index in [4.69, 9.17) is 0 Å². The van der Waals surface area contributed by atoms with Gasteiger partial charge in [0.15, 0.2) is 11.6 Å². The molecule has 6 rings (SSSR count). The molecule has 6 heterocycles. The molecule has 0 aromatic carbocycles. The Hall–Kier alpha value is -4.64. The lowest BCUT2D eigenvalue weighted by Gasteiger charge is -2.35. The molecule has 0 spiro atoms. The zero-order valence-corrected chi connectivity index (χ0v) is 20.6. The van der Waals surface area contributed by atoms with Gasteiger partial charge in [-0.05, 0) is 19.2 Å². The van der Waals surface area contributed by atoms with Gasteiger partial charge in [-0.1, -0.05) is 6.58 Å². The van der Waals surface area contributed by atoms with Crippen molar-refractivity contribution < 1.29 is 4.79 Å². The van der Waals surface area contributed by atoms with Gasteiger partial charge >= 0.3 is 0 Å². The van der Waals surface area contributed by atoms with Crippen LogP contribution in [0.4, 0.5) is 11.5 Å². The first kappa shape index (κ1) is 22.8. The number of rotatable bonds is 6. The highest BCUT2D eigenvalue weighted by atomic mass is 16.1. The molecule has 37 heavy (non-hydrogen) atoms. The van der Waals surface area contributed by atoms with Gasteiger partial charge in [-0.3, -0.25) is 14.8 Å². The number of nitrogens with zero attached hydrogens (tertiary/aromatic N) is 7. The SMILES string of the molecule is C=C(Nc1cncc(-c2cnc3c(c2)C(c2nc4c(C(=O)NC)cncc4[nH]2)=N3)c1)N1CCN(C)CC1. The summed E-state index contributed by atoms with van der Waals surface area (Å²) in [6.45, 7) is 8.12. The van der Waals surface area contributed by atoms with Crippen LogP contribution in [0.1, 0.15) is 21.7 Å². The van der Waals surface area contributed by atoms with Crippen LogP contribution in [0.15, 0.2) is 60.5 Å². The van der Waals surface area contributed by atoms with Crippen LogP contribution in [0, 0.1) is 0 Å². The molecule has 0 aliphatic carbocycles. The van der Waals surface area contributed by atoms with Crippen LogP contribution in [0.5, 0.6) is 0 Å². The predicted octanol–water partition coefficient (Wildman–Crippen LogP) is 2.39. The van der Waals surface area contributed by atoms with Crippen LogP contribution >= 0.6 is 0 Å². The molecule has 4 aromatic heterocycles. The van der Waals surface area contributed by atoms with Crippen LogP contribution in [-0.2, 0) is 0 Å². The second-order valence-electron chi connectivity index (χ2n) is 9.13. The summed E-state index contributed by atoms with van der Waals surface area (Å²) in [6, 6.07) is 4.07. The van der Waals surface area contributed by atoms with Crippen molar-refractivity contribution >= 4 is 34.2 Å². The maximum atomic E-state index is 12.2. The van der Waals surface area contributed by atoms with Crippen LogP contribution in [0.2, 0.25) is 0 Å². The molecule has 0 radical (unpaired) electrons. The molecule has 0 bridgehead atoms. The average molecular weight is 495 g/mol. The molecular weight excluding hydrogens is 468 g/mol. The summed E-state index contributed by atoms with van der Waals surface area (Å²) in [5.74, 6) is 1.84. The third-order valence-electron chi connectivity index (χ3n) is 6.67. The smallest absolute Gasteiger partial charge is 0.254 e. The first-order chi connectivity index (χ1) is 18.0. The van der Waals surface area contributed by atoms with E-state index in [0.717, 1.165) is 54.4 Å². The third kappa shape index (κ3) is 4.19. The van der Waals surface area contributed by atoms with E-state index in [9.17, 15) is 4.79 Å². The Labute approximate surface area is 213 Å². The highest BCUT2D eigenvalue weighted by molar-refractivity contribution is 6.21. The maximum absolute atomic E-state index is 12.2. The molecule has 1 fully saturated rings. The molecule has 4 aromatic rings. The summed E-state index contributed by atoms with van der Waals surface area (Å²) in [6.07, 6.45) is 8.55. The van der Waals surface area contributed by atoms with Gasteiger partial charge in [0.1, 0.15) is 11.2 Å². The highest BCUT2D eigenvalue weighted by Gasteiger charge is 2.26. The molecule has 11 nitrogen and oxygen atoms in total. The Balaban J connectivity index is 1.24. The Kier molecular flexibility index (Phi) is 5.61. The summed E-state index contributed by atoms with van der Waals surface area (Å²) in [4.78, 5) is 42.3. The van der Waals surface area contributed by atoms with Gasteiger partial charge in [-0.2, -0.15) is 0 Å². The molecule has 1 saturated heterocycles. The van der Waals surface area contributed by atoms with Crippen molar-refractivity contribution in [2.75, 3.05) is 45.6 Å².